The lowest BCUT2D eigenvalue weighted by molar-refractivity contribution is -0.110. The summed E-state index contributed by atoms with van der Waals surface area (Å²) in [5.41, 5.74) is 3.30. The zero-order valence-corrected chi connectivity index (χ0v) is 19.1. The number of amides is 1. The third kappa shape index (κ3) is 3.98. The van der Waals surface area contributed by atoms with Crippen LogP contribution in [0.25, 0.3) is 11.6 Å². The first-order chi connectivity index (χ1) is 16.2. The Labute approximate surface area is 195 Å². The molecule has 172 valence electrons. The molecule has 2 aromatic carbocycles. The van der Waals surface area contributed by atoms with Crippen molar-refractivity contribution in [3.8, 4) is 17.2 Å². The van der Waals surface area contributed by atoms with Gasteiger partial charge in [0.2, 0.25) is 0 Å². The number of nitrogens with one attached hydrogen (secondary N) is 1. The Kier molecular flexibility index (Phi) is 5.28. The van der Waals surface area contributed by atoms with Gasteiger partial charge in [-0.2, -0.15) is 0 Å². The fraction of sp³-hybridized carbons (Fsp3) is 0.464. The maximum atomic E-state index is 12.8. The minimum Gasteiger partial charge on any atom is -0.493 e. The van der Waals surface area contributed by atoms with Crippen LogP contribution < -0.4 is 19.5 Å². The molecule has 3 fully saturated rings. The zero-order chi connectivity index (χ0) is 22.4. The number of ether oxygens (including phenoxy) is 3. The van der Waals surface area contributed by atoms with E-state index in [1.807, 2.05) is 42.5 Å². The topological polar surface area (TPSA) is 56.8 Å². The van der Waals surface area contributed by atoms with Gasteiger partial charge in [-0.05, 0) is 105 Å². The van der Waals surface area contributed by atoms with Gasteiger partial charge in [0.1, 0.15) is 11.9 Å². The Balaban J connectivity index is 1.28. The molecule has 1 amide bonds. The molecule has 5 nitrogen and oxygen atoms in total. The first kappa shape index (κ1) is 20.6. The van der Waals surface area contributed by atoms with Crippen LogP contribution in [0, 0.1) is 11.8 Å². The van der Waals surface area contributed by atoms with Gasteiger partial charge in [0, 0.05) is 16.8 Å². The summed E-state index contributed by atoms with van der Waals surface area (Å²) in [6, 6.07) is 11.8. The summed E-state index contributed by atoms with van der Waals surface area (Å²) < 4.78 is 18.2. The summed E-state index contributed by atoms with van der Waals surface area (Å²) in [5, 5.41) is 2.98. The van der Waals surface area contributed by atoms with Crippen LogP contribution in [0.3, 0.4) is 0 Å². The van der Waals surface area contributed by atoms with Gasteiger partial charge in [-0.25, -0.2) is 0 Å². The highest BCUT2D eigenvalue weighted by atomic mass is 16.5. The first-order valence-corrected chi connectivity index (χ1v) is 12.3. The van der Waals surface area contributed by atoms with Gasteiger partial charge in [0.15, 0.2) is 11.5 Å². The summed E-state index contributed by atoms with van der Waals surface area (Å²) in [6.45, 7) is 0. The molecule has 1 aliphatic heterocycles. The summed E-state index contributed by atoms with van der Waals surface area (Å²) in [6.07, 6.45) is 12.2. The smallest absolute Gasteiger partial charge is 0.256 e. The predicted octanol–water partition coefficient (Wildman–Crippen LogP) is 6.08. The van der Waals surface area contributed by atoms with E-state index in [1.54, 1.807) is 7.11 Å². The van der Waals surface area contributed by atoms with E-state index in [0.29, 0.717) is 11.5 Å². The number of hydrogen-bond acceptors (Lipinski definition) is 4. The van der Waals surface area contributed by atoms with Crippen LogP contribution in [0.4, 0.5) is 5.69 Å². The second-order valence-electron chi connectivity index (χ2n) is 9.99. The molecule has 0 spiro atoms. The molecule has 1 unspecified atom stereocenters. The standard InChI is InChI=1S/C28H31NO4/c1-31-25-11-7-18(15-27(25)33-26-14-17-6-8-19(26)12-17)13-23-22-16-21(32-20-4-2-3-5-20)9-10-24(22)29-28(23)30/h7,9-11,13,15-17,19-20,26H,2-6,8,12,14H2,1H3,(H,29,30)/b23-13+/t17-,19?,26+/m1/s1. The van der Waals surface area contributed by atoms with Crippen molar-refractivity contribution >= 4 is 23.2 Å². The number of anilines is 1. The van der Waals surface area contributed by atoms with Crippen LogP contribution in [0.15, 0.2) is 36.4 Å². The lowest BCUT2D eigenvalue weighted by Gasteiger charge is -2.24. The molecule has 1 N–H and O–H groups in total. The average Bonchev–Trinajstić information content (AvgIpc) is 3.61. The van der Waals surface area contributed by atoms with Gasteiger partial charge in [-0.3, -0.25) is 4.79 Å². The molecule has 3 saturated carbocycles. The van der Waals surface area contributed by atoms with Crippen molar-refractivity contribution in [1.82, 2.24) is 0 Å². The van der Waals surface area contributed by atoms with E-state index in [4.69, 9.17) is 14.2 Å². The number of benzene rings is 2. The van der Waals surface area contributed by atoms with Gasteiger partial charge in [0.05, 0.1) is 13.2 Å². The van der Waals surface area contributed by atoms with E-state index in [-0.39, 0.29) is 18.1 Å². The molecule has 3 atom stereocenters. The number of carbonyl (C=O) groups is 1. The Morgan fingerprint density at radius 1 is 0.939 bits per heavy atom. The van der Waals surface area contributed by atoms with Crippen LogP contribution in [0.2, 0.25) is 0 Å². The molecule has 6 rings (SSSR count). The van der Waals surface area contributed by atoms with E-state index in [2.05, 4.69) is 5.32 Å². The highest BCUT2D eigenvalue weighted by Gasteiger charge is 2.41. The van der Waals surface area contributed by atoms with Crippen LogP contribution in [0.5, 0.6) is 17.2 Å². The minimum absolute atomic E-state index is 0.0885. The molecule has 0 aromatic heterocycles. The van der Waals surface area contributed by atoms with Crippen molar-refractivity contribution < 1.29 is 19.0 Å². The summed E-state index contributed by atoms with van der Waals surface area (Å²) >= 11 is 0. The molecule has 2 bridgehead atoms. The Bertz CT molecular complexity index is 1100. The molecular weight excluding hydrogens is 414 g/mol. The lowest BCUT2D eigenvalue weighted by atomic mass is 9.97. The molecule has 0 radical (unpaired) electrons. The van der Waals surface area contributed by atoms with Crippen LogP contribution in [-0.2, 0) is 4.79 Å². The third-order valence-electron chi connectivity index (χ3n) is 7.83. The van der Waals surface area contributed by atoms with E-state index >= 15 is 0 Å². The maximum absolute atomic E-state index is 12.8. The van der Waals surface area contributed by atoms with Crippen molar-refractivity contribution in [1.29, 1.82) is 0 Å². The van der Waals surface area contributed by atoms with Crippen molar-refractivity contribution in [2.45, 2.75) is 63.6 Å². The van der Waals surface area contributed by atoms with Crippen LogP contribution in [0.1, 0.15) is 62.5 Å². The van der Waals surface area contributed by atoms with Gasteiger partial charge < -0.3 is 19.5 Å². The molecule has 3 aliphatic carbocycles. The second kappa shape index (κ2) is 8.44. The molecule has 0 saturated heterocycles. The zero-order valence-electron chi connectivity index (χ0n) is 19.1. The van der Waals surface area contributed by atoms with Crippen molar-refractivity contribution in [3.63, 3.8) is 0 Å². The highest BCUT2D eigenvalue weighted by molar-refractivity contribution is 6.35. The number of rotatable bonds is 6. The SMILES string of the molecule is COc1ccc(/C=C2/C(=O)Nc3ccc(OC4CCCC4)cc32)cc1O[C@H]1C[C@@H]2CCC1C2. The van der Waals surface area contributed by atoms with Gasteiger partial charge in [-0.1, -0.05) is 6.07 Å². The Hall–Kier alpha value is -2.95. The third-order valence-corrected chi connectivity index (χ3v) is 7.83. The first-order valence-electron chi connectivity index (χ1n) is 12.3. The van der Waals surface area contributed by atoms with Crippen molar-refractivity contribution in [2.24, 2.45) is 11.8 Å². The summed E-state index contributed by atoms with van der Waals surface area (Å²) in [7, 11) is 1.67. The van der Waals surface area contributed by atoms with E-state index in [0.717, 1.165) is 59.2 Å². The van der Waals surface area contributed by atoms with Gasteiger partial charge >= 0.3 is 0 Å². The monoisotopic (exact) mass is 445 g/mol. The summed E-state index contributed by atoms with van der Waals surface area (Å²) in [5.74, 6) is 3.72. The Morgan fingerprint density at radius 3 is 2.58 bits per heavy atom. The molecule has 2 aromatic rings. The minimum atomic E-state index is -0.0885. The van der Waals surface area contributed by atoms with E-state index in [1.165, 1.54) is 32.1 Å². The number of methoxy groups -OCH3 is 1. The number of carbonyl (C=O) groups excluding carboxylic acids is 1. The predicted molar refractivity (Wildman–Crippen MR) is 129 cm³/mol. The largest absolute Gasteiger partial charge is 0.493 e. The molecular formula is C28H31NO4. The van der Waals surface area contributed by atoms with E-state index in [9.17, 15) is 4.79 Å². The van der Waals surface area contributed by atoms with Crippen LogP contribution >= 0.6 is 0 Å². The van der Waals surface area contributed by atoms with Gasteiger partial charge in [-0.15, -0.1) is 0 Å². The lowest BCUT2D eigenvalue weighted by Crippen LogP contribution is -2.23. The van der Waals surface area contributed by atoms with Crippen molar-refractivity contribution in [2.75, 3.05) is 12.4 Å². The number of hydrogen-bond donors (Lipinski definition) is 1. The van der Waals surface area contributed by atoms with Crippen LogP contribution in [-0.4, -0.2) is 25.2 Å². The summed E-state index contributed by atoms with van der Waals surface area (Å²) in [4.78, 5) is 12.8. The normalized spacial score (nSPS) is 27.1. The fourth-order valence-corrected chi connectivity index (χ4v) is 6.12. The molecule has 1 heterocycles. The molecule has 5 heteroatoms. The molecule has 33 heavy (non-hydrogen) atoms. The second-order valence-corrected chi connectivity index (χ2v) is 9.99. The Morgan fingerprint density at radius 2 is 1.82 bits per heavy atom. The van der Waals surface area contributed by atoms with E-state index < -0.39 is 0 Å². The number of fused-ring (bicyclic) bond motifs is 3. The highest BCUT2D eigenvalue weighted by Crippen LogP contribution is 2.47. The fourth-order valence-electron chi connectivity index (χ4n) is 6.12. The van der Waals surface area contributed by atoms with Crippen molar-refractivity contribution in [3.05, 3.63) is 47.5 Å². The molecule has 4 aliphatic rings. The van der Waals surface area contributed by atoms with Gasteiger partial charge in [0.25, 0.3) is 5.91 Å². The average molecular weight is 446 g/mol. The quantitative estimate of drug-likeness (QED) is 0.548. The maximum Gasteiger partial charge on any atom is 0.256 e.